The Balaban J connectivity index is 1.41. The highest BCUT2D eigenvalue weighted by Crippen LogP contribution is 2.57. The number of hydrogen-bond donors (Lipinski definition) is 2. The number of phosphoric acid groups is 1. The summed E-state index contributed by atoms with van der Waals surface area (Å²) in [5.41, 5.74) is -1.58. The Kier molecular flexibility index (Phi) is 11.7. The molecule has 0 spiro atoms. The van der Waals surface area contributed by atoms with Crippen molar-refractivity contribution in [2.45, 2.75) is 97.0 Å². The van der Waals surface area contributed by atoms with E-state index in [4.69, 9.17) is 23.0 Å². The van der Waals surface area contributed by atoms with Crippen molar-refractivity contribution < 1.29 is 42.0 Å². The summed E-state index contributed by atoms with van der Waals surface area (Å²) < 4.78 is 39.2. The van der Waals surface area contributed by atoms with Crippen LogP contribution in [0.5, 0.6) is 0 Å². The van der Waals surface area contributed by atoms with Crippen LogP contribution < -0.4 is 10.6 Å². The third-order valence-corrected chi connectivity index (χ3v) is 9.78. The minimum absolute atomic E-state index is 0.00517. The molecule has 3 fully saturated rings. The van der Waals surface area contributed by atoms with Crippen LogP contribution in [-0.2, 0) is 42.0 Å². The van der Waals surface area contributed by atoms with Crippen molar-refractivity contribution in [1.29, 1.82) is 0 Å². The largest absolute Gasteiger partial charge is 0.478 e. The number of ether oxygens (including phenoxy) is 2. The van der Waals surface area contributed by atoms with Crippen LogP contribution in [0.1, 0.15) is 79.6 Å². The van der Waals surface area contributed by atoms with Crippen LogP contribution in [0, 0.1) is 16.7 Å². The van der Waals surface area contributed by atoms with E-state index in [2.05, 4.69) is 10.6 Å². The van der Waals surface area contributed by atoms with Gasteiger partial charge in [0.1, 0.15) is 6.61 Å². The second-order valence-corrected chi connectivity index (χ2v) is 15.0. The third kappa shape index (κ3) is 9.71. The van der Waals surface area contributed by atoms with Crippen molar-refractivity contribution in [3.8, 4) is 0 Å². The highest BCUT2D eigenvalue weighted by molar-refractivity contribution is 8.00. The van der Waals surface area contributed by atoms with Gasteiger partial charge in [-0.1, -0.05) is 39.5 Å². The van der Waals surface area contributed by atoms with E-state index in [9.17, 15) is 18.9 Å². The van der Waals surface area contributed by atoms with E-state index in [1.807, 2.05) is 0 Å². The van der Waals surface area contributed by atoms with Crippen molar-refractivity contribution >= 4 is 37.4 Å². The minimum Gasteiger partial charge on any atom is -0.464 e. The van der Waals surface area contributed by atoms with Crippen LogP contribution in [-0.4, -0.2) is 67.7 Å². The Morgan fingerprint density at radius 1 is 1.10 bits per heavy atom. The third-order valence-electron chi connectivity index (χ3n) is 7.25. The Morgan fingerprint density at radius 2 is 1.79 bits per heavy atom. The number of hydrogen-bond acceptors (Lipinski definition) is 11. The Bertz CT molecular complexity index is 902. The molecule has 2 saturated heterocycles. The van der Waals surface area contributed by atoms with Gasteiger partial charge in [-0.05, 0) is 39.5 Å². The quantitative estimate of drug-likeness (QED) is 0.164. The van der Waals surface area contributed by atoms with E-state index in [0.717, 1.165) is 5.88 Å². The number of amides is 1. The first-order valence-electron chi connectivity index (χ1n) is 13.8. The Hall–Kier alpha value is -1.17. The average Bonchev–Trinajstić information content (AvgIpc) is 3.16. The van der Waals surface area contributed by atoms with E-state index in [1.54, 1.807) is 46.4 Å². The lowest BCUT2D eigenvalue weighted by Crippen LogP contribution is -2.50. The summed E-state index contributed by atoms with van der Waals surface area (Å²) in [5, 5.41) is 6.50. The van der Waals surface area contributed by atoms with Gasteiger partial charge in [-0.3, -0.25) is 23.4 Å². The van der Waals surface area contributed by atoms with Gasteiger partial charge in [-0.15, -0.1) is 11.8 Å². The van der Waals surface area contributed by atoms with E-state index in [0.29, 0.717) is 18.6 Å². The van der Waals surface area contributed by atoms with Crippen LogP contribution in [0.4, 0.5) is 0 Å². The summed E-state index contributed by atoms with van der Waals surface area (Å²) in [7, 11) is -4.14. The van der Waals surface area contributed by atoms with Gasteiger partial charge in [0.2, 0.25) is 12.7 Å². The lowest BCUT2D eigenvalue weighted by atomic mass is 9.87. The monoisotopic (exact) mass is 592 g/mol. The number of carbonyl (C=O) groups excluding carboxylic acids is 3. The van der Waals surface area contributed by atoms with Crippen LogP contribution in [0.15, 0.2) is 0 Å². The maximum Gasteiger partial charge on any atom is 0.478 e. The molecule has 1 saturated carbocycles. The second kappa shape index (κ2) is 14.1. The SMILES string of the molecule is CC(C)(C)C(=O)OCO[P@@]1(=O)OCC(C)(C)[C@H](C(=O)NCCC(=O)OCC2SCNC2C2CCCCCC2)O1. The number of nitrogens with one attached hydrogen (secondary N) is 2. The normalized spacial score (nSPS) is 29.8. The van der Waals surface area contributed by atoms with Gasteiger partial charge < -0.3 is 20.1 Å². The zero-order valence-electron chi connectivity index (χ0n) is 23.8. The number of carbonyl (C=O) groups is 3. The molecule has 11 nitrogen and oxygen atoms in total. The maximum absolute atomic E-state index is 12.9. The number of thioether (sulfide) groups is 1. The van der Waals surface area contributed by atoms with Gasteiger partial charge in [0.25, 0.3) is 0 Å². The van der Waals surface area contributed by atoms with E-state index in [1.165, 1.54) is 38.5 Å². The van der Waals surface area contributed by atoms with Gasteiger partial charge in [0.15, 0.2) is 6.10 Å². The van der Waals surface area contributed by atoms with Crippen LogP contribution in [0.3, 0.4) is 0 Å². The Morgan fingerprint density at radius 3 is 2.46 bits per heavy atom. The maximum atomic E-state index is 12.9. The molecule has 2 aliphatic heterocycles. The van der Waals surface area contributed by atoms with E-state index >= 15 is 0 Å². The molecule has 0 bridgehead atoms. The lowest BCUT2D eigenvalue weighted by molar-refractivity contribution is -0.163. The highest BCUT2D eigenvalue weighted by atomic mass is 32.2. The zero-order valence-corrected chi connectivity index (χ0v) is 25.5. The van der Waals surface area contributed by atoms with Gasteiger partial charge >= 0.3 is 19.8 Å². The molecule has 1 aliphatic carbocycles. The molecule has 0 aromatic rings. The molecule has 1 amide bonds. The number of esters is 2. The molecule has 39 heavy (non-hydrogen) atoms. The van der Waals surface area contributed by atoms with Crippen LogP contribution in [0.2, 0.25) is 0 Å². The van der Waals surface area contributed by atoms with Gasteiger partial charge in [-0.25, -0.2) is 9.09 Å². The van der Waals surface area contributed by atoms with Gasteiger partial charge in [0.05, 0.1) is 23.7 Å². The van der Waals surface area contributed by atoms with Crippen molar-refractivity contribution in [3.63, 3.8) is 0 Å². The topological polar surface area (TPSA) is 138 Å². The highest BCUT2D eigenvalue weighted by Gasteiger charge is 2.49. The summed E-state index contributed by atoms with van der Waals surface area (Å²) in [6.45, 7) is 8.15. The molecule has 224 valence electrons. The van der Waals surface area contributed by atoms with Crippen LogP contribution in [0.25, 0.3) is 0 Å². The van der Waals surface area contributed by atoms with Crippen molar-refractivity contribution in [3.05, 3.63) is 0 Å². The minimum atomic E-state index is -4.14. The zero-order chi connectivity index (χ0) is 28.7. The van der Waals surface area contributed by atoms with Crippen molar-refractivity contribution in [2.75, 3.05) is 32.4 Å². The first-order chi connectivity index (χ1) is 18.3. The lowest BCUT2D eigenvalue weighted by Gasteiger charge is -2.39. The number of phosphoric ester groups is 1. The smallest absolute Gasteiger partial charge is 0.464 e. The Labute approximate surface area is 236 Å². The molecule has 2 N–H and O–H groups in total. The molecule has 13 heteroatoms. The molecule has 0 aromatic heterocycles. The summed E-state index contributed by atoms with van der Waals surface area (Å²) in [4.78, 5) is 37.2. The number of rotatable bonds is 10. The predicted molar refractivity (Wildman–Crippen MR) is 147 cm³/mol. The van der Waals surface area contributed by atoms with E-state index in [-0.39, 0.29) is 30.8 Å². The standard InChI is InChI=1S/C26H45N2O9PS/c1-25(2,3)24(31)34-17-36-38(32)35-15-26(4,5)22(37-38)23(30)27-13-12-20(29)33-14-19-21(28-16-39-19)18-10-8-6-7-9-11-18/h18-19,21-22,28H,6-17H2,1-5H3,(H,27,30)/t19?,21?,22-,38+/m0/s1. The summed E-state index contributed by atoms with van der Waals surface area (Å²) in [5.74, 6) is 0.0152. The molecule has 3 rings (SSSR count). The molecule has 2 unspecified atom stereocenters. The van der Waals surface area contributed by atoms with Crippen molar-refractivity contribution in [1.82, 2.24) is 10.6 Å². The fourth-order valence-corrected chi connectivity index (χ4v) is 7.56. The fraction of sp³-hybridized carbons (Fsp3) is 0.885. The average molecular weight is 593 g/mol. The molecule has 0 aromatic carbocycles. The van der Waals surface area contributed by atoms with Gasteiger partial charge in [-0.2, -0.15) is 0 Å². The molecular weight excluding hydrogens is 547 g/mol. The summed E-state index contributed by atoms with van der Waals surface area (Å²) in [6.07, 6.45) is 6.42. The van der Waals surface area contributed by atoms with Crippen LogP contribution >= 0.6 is 19.6 Å². The summed E-state index contributed by atoms with van der Waals surface area (Å²) >= 11 is 1.80. The molecule has 2 heterocycles. The first kappa shape index (κ1) is 32.3. The molecule has 0 radical (unpaired) electrons. The second-order valence-electron chi connectivity index (χ2n) is 12.2. The van der Waals surface area contributed by atoms with Crippen molar-refractivity contribution in [2.24, 2.45) is 16.7 Å². The molecule has 4 atom stereocenters. The summed E-state index contributed by atoms with van der Waals surface area (Å²) in [6, 6.07) is 0.364. The first-order valence-corrected chi connectivity index (χ1v) is 16.3. The van der Waals surface area contributed by atoms with E-state index < -0.39 is 43.4 Å². The molecular formula is C26H45N2O9PS. The van der Waals surface area contributed by atoms with Gasteiger partial charge in [0, 0.05) is 23.9 Å². The predicted octanol–water partition coefficient (Wildman–Crippen LogP) is 4.15. The molecule has 3 aliphatic rings. The fourth-order valence-electron chi connectivity index (χ4n) is 4.86.